The maximum Gasteiger partial charge on any atom is 0.301 e. The van der Waals surface area contributed by atoms with Crippen LogP contribution in [0, 0.1) is 6.92 Å². The Morgan fingerprint density at radius 1 is 1.00 bits per heavy atom. The molecule has 7 rings (SSSR count). The fraction of sp³-hybridized carbons (Fsp3) is 0.147. The Bertz CT molecular complexity index is 2130. The third kappa shape index (κ3) is 5.13. The average Bonchev–Trinajstić information content (AvgIpc) is 3.73. The molecule has 0 spiro atoms. The fourth-order valence-corrected chi connectivity index (χ4v) is 7.60. The number of ether oxygens (including phenoxy) is 1. The molecule has 0 radical (unpaired) electrons. The number of aliphatic hydroxyl groups excluding tert-OH is 1. The van der Waals surface area contributed by atoms with Crippen LogP contribution in [0.15, 0.2) is 101 Å². The first-order valence-corrected chi connectivity index (χ1v) is 16.2. The van der Waals surface area contributed by atoms with Gasteiger partial charge in [0.1, 0.15) is 17.1 Å². The quantitative estimate of drug-likeness (QED) is 0.0630. The molecule has 1 amide bonds. The van der Waals surface area contributed by atoms with E-state index in [1.807, 2.05) is 43.3 Å². The number of Topliss-reactive ketones (excluding diaryl/α,β-unsaturated/α-hetero) is 1. The molecule has 224 valence electrons. The molecule has 0 saturated carbocycles. The summed E-state index contributed by atoms with van der Waals surface area (Å²) < 4.78 is 8.10. The Hall–Kier alpha value is -5.00. The van der Waals surface area contributed by atoms with Crippen molar-refractivity contribution in [2.24, 2.45) is 0 Å². The molecule has 45 heavy (non-hydrogen) atoms. The number of benzene rings is 3. The monoisotopic (exact) mass is 633 g/mol. The number of fused-ring (bicyclic) bond motifs is 2. The van der Waals surface area contributed by atoms with Gasteiger partial charge in [-0.05, 0) is 60.0 Å². The summed E-state index contributed by atoms with van der Waals surface area (Å²) in [6.45, 7) is 4.08. The number of pyridine rings is 1. The van der Waals surface area contributed by atoms with Gasteiger partial charge in [0.25, 0.3) is 5.78 Å². The second-order valence-corrected chi connectivity index (χ2v) is 12.6. The van der Waals surface area contributed by atoms with Crippen molar-refractivity contribution >= 4 is 62.1 Å². The lowest BCUT2D eigenvalue weighted by Gasteiger charge is -2.23. The van der Waals surface area contributed by atoms with Gasteiger partial charge in [0.2, 0.25) is 5.13 Å². The topological polar surface area (TPSA) is 110 Å². The SMILES string of the molecule is CCOc1cccc(C2/C(=C(\O)c3c(C)nc4ccccn34)C(=O)C(=O)N2c2nnc(SCc3cccc4ccccc34)s2)c1. The van der Waals surface area contributed by atoms with E-state index < -0.39 is 17.7 Å². The third-order valence-corrected chi connectivity index (χ3v) is 9.80. The van der Waals surface area contributed by atoms with Crippen LogP contribution in [0.1, 0.15) is 35.5 Å². The predicted octanol–water partition coefficient (Wildman–Crippen LogP) is 6.96. The van der Waals surface area contributed by atoms with Crippen LogP contribution in [-0.4, -0.2) is 43.0 Å². The van der Waals surface area contributed by atoms with E-state index >= 15 is 0 Å². The van der Waals surface area contributed by atoms with Gasteiger partial charge >= 0.3 is 5.91 Å². The second-order valence-electron chi connectivity index (χ2n) is 10.4. The molecule has 1 aliphatic heterocycles. The van der Waals surface area contributed by atoms with Crippen molar-refractivity contribution in [3.8, 4) is 5.75 Å². The molecule has 1 fully saturated rings. The molecule has 3 aromatic carbocycles. The number of aromatic nitrogens is 4. The Morgan fingerprint density at radius 2 is 1.80 bits per heavy atom. The first kappa shape index (κ1) is 28.8. The van der Waals surface area contributed by atoms with Gasteiger partial charge in [-0.15, -0.1) is 10.2 Å². The van der Waals surface area contributed by atoms with Crippen molar-refractivity contribution in [2.45, 2.75) is 30.0 Å². The van der Waals surface area contributed by atoms with Crippen LogP contribution in [0.3, 0.4) is 0 Å². The maximum atomic E-state index is 13.8. The molecule has 3 aromatic heterocycles. The molecule has 0 aliphatic carbocycles. The van der Waals surface area contributed by atoms with Gasteiger partial charge in [0, 0.05) is 11.9 Å². The van der Waals surface area contributed by atoms with E-state index in [0.717, 1.165) is 10.9 Å². The number of hydrogen-bond donors (Lipinski definition) is 1. The number of thioether (sulfide) groups is 1. The Morgan fingerprint density at radius 3 is 2.67 bits per heavy atom. The third-order valence-electron chi connectivity index (χ3n) is 7.69. The molecule has 1 aliphatic rings. The Labute approximate surface area is 266 Å². The summed E-state index contributed by atoms with van der Waals surface area (Å²) in [6, 6.07) is 26.1. The first-order valence-electron chi connectivity index (χ1n) is 14.4. The fourth-order valence-electron chi connectivity index (χ4n) is 5.73. The number of anilines is 1. The molecular formula is C34H27N5O4S2. The molecule has 1 saturated heterocycles. The minimum Gasteiger partial charge on any atom is -0.505 e. The highest BCUT2D eigenvalue weighted by molar-refractivity contribution is 8.00. The minimum absolute atomic E-state index is 0.0532. The molecule has 1 N–H and O–H groups in total. The molecule has 0 bridgehead atoms. The van der Waals surface area contributed by atoms with Crippen molar-refractivity contribution in [1.82, 2.24) is 19.6 Å². The molecule has 6 aromatic rings. The van der Waals surface area contributed by atoms with Gasteiger partial charge in [0.15, 0.2) is 10.1 Å². The smallest absolute Gasteiger partial charge is 0.301 e. The van der Waals surface area contributed by atoms with Gasteiger partial charge < -0.3 is 9.84 Å². The highest BCUT2D eigenvalue weighted by atomic mass is 32.2. The molecule has 9 nitrogen and oxygen atoms in total. The standard InChI is InChI=1S/C34H27N5O4S2/c1-3-43-24-14-9-12-22(18-24)29-27(30(40)28-20(2)35-26-16-6-7-17-38(26)28)31(41)32(42)39(29)33-36-37-34(45-33)44-19-23-13-8-11-21-10-4-5-15-25(21)23/h4-18,29,40H,3,19H2,1-2H3/b30-27+. The number of aliphatic hydroxyl groups is 1. The highest BCUT2D eigenvalue weighted by Crippen LogP contribution is 2.45. The number of carbonyl (C=O) groups is 2. The molecule has 4 heterocycles. The van der Waals surface area contributed by atoms with Gasteiger partial charge in [-0.25, -0.2) is 4.98 Å². The van der Waals surface area contributed by atoms with Crippen LogP contribution in [0.2, 0.25) is 0 Å². The van der Waals surface area contributed by atoms with Crippen LogP contribution >= 0.6 is 23.1 Å². The van der Waals surface area contributed by atoms with Crippen LogP contribution in [0.5, 0.6) is 5.75 Å². The van der Waals surface area contributed by atoms with Gasteiger partial charge in [0.05, 0.1) is 23.9 Å². The van der Waals surface area contributed by atoms with E-state index in [9.17, 15) is 14.7 Å². The molecule has 1 unspecified atom stereocenters. The summed E-state index contributed by atoms with van der Waals surface area (Å²) in [5.41, 5.74) is 3.17. The van der Waals surface area contributed by atoms with Crippen molar-refractivity contribution in [3.63, 3.8) is 0 Å². The average molecular weight is 634 g/mol. The van der Waals surface area contributed by atoms with Crippen LogP contribution < -0.4 is 9.64 Å². The van der Waals surface area contributed by atoms with Crippen LogP contribution in [-0.2, 0) is 15.3 Å². The van der Waals surface area contributed by atoms with E-state index in [1.54, 1.807) is 41.8 Å². The summed E-state index contributed by atoms with van der Waals surface area (Å²) in [5, 5.41) is 23.1. The van der Waals surface area contributed by atoms with Crippen molar-refractivity contribution in [2.75, 3.05) is 11.5 Å². The van der Waals surface area contributed by atoms with Gasteiger partial charge in [-0.3, -0.25) is 18.9 Å². The van der Waals surface area contributed by atoms with E-state index in [-0.39, 0.29) is 16.5 Å². The minimum atomic E-state index is -0.970. The van der Waals surface area contributed by atoms with E-state index in [1.165, 1.54) is 33.4 Å². The zero-order chi connectivity index (χ0) is 31.1. The van der Waals surface area contributed by atoms with Gasteiger partial charge in [-0.1, -0.05) is 83.8 Å². The zero-order valence-corrected chi connectivity index (χ0v) is 26.0. The first-order chi connectivity index (χ1) is 21.9. The molecule has 1 atom stereocenters. The Balaban J connectivity index is 1.30. The number of imidazole rings is 1. The predicted molar refractivity (Wildman–Crippen MR) is 176 cm³/mol. The number of aryl methyl sites for hydroxylation is 1. The normalized spacial score (nSPS) is 16.2. The Kier molecular flexibility index (Phi) is 7.56. The number of amides is 1. The number of hydrogen-bond acceptors (Lipinski definition) is 9. The number of carbonyl (C=O) groups excluding carboxylic acids is 2. The van der Waals surface area contributed by atoms with E-state index in [2.05, 4.69) is 39.4 Å². The van der Waals surface area contributed by atoms with Crippen LogP contribution in [0.25, 0.3) is 22.2 Å². The number of rotatable bonds is 8. The summed E-state index contributed by atoms with van der Waals surface area (Å²) >= 11 is 2.74. The van der Waals surface area contributed by atoms with Gasteiger partial charge in [-0.2, -0.15) is 0 Å². The van der Waals surface area contributed by atoms with E-state index in [4.69, 9.17) is 4.74 Å². The largest absolute Gasteiger partial charge is 0.505 e. The van der Waals surface area contributed by atoms with Crippen molar-refractivity contribution in [1.29, 1.82) is 0 Å². The van der Waals surface area contributed by atoms with Crippen LogP contribution in [0.4, 0.5) is 5.13 Å². The van der Waals surface area contributed by atoms with Crippen molar-refractivity contribution < 1.29 is 19.4 Å². The number of ketones is 1. The second kappa shape index (κ2) is 11.8. The maximum absolute atomic E-state index is 13.8. The summed E-state index contributed by atoms with van der Waals surface area (Å²) in [5.74, 6) is -0.687. The lowest BCUT2D eigenvalue weighted by molar-refractivity contribution is -0.132. The molecular weight excluding hydrogens is 607 g/mol. The lowest BCUT2D eigenvalue weighted by Crippen LogP contribution is -2.29. The summed E-state index contributed by atoms with van der Waals surface area (Å²) in [4.78, 5) is 33.4. The lowest BCUT2D eigenvalue weighted by atomic mass is 9.96. The van der Waals surface area contributed by atoms with Crippen molar-refractivity contribution in [3.05, 3.63) is 119 Å². The summed E-state index contributed by atoms with van der Waals surface area (Å²) in [6.07, 6.45) is 1.76. The summed E-state index contributed by atoms with van der Waals surface area (Å²) in [7, 11) is 0. The molecule has 11 heteroatoms. The van der Waals surface area contributed by atoms with E-state index in [0.29, 0.717) is 45.0 Å². The number of nitrogens with zero attached hydrogens (tertiary/aromatic N) is 5. The highest BCUT2D eigenvalue weighted by Gasteiger charge is 2.49. The zero-order valence-electron chi connectivity index (χ0n) is 24.4.